The van der Waals surface area contributed by atoms with Gasteiger partial charge < -0.3 is 4.90 Å². The Balaban J connectivity index is 2.27. The number of carbonyl (C=O) groups is 3. The molecule has 0 aliphatic carbocycles. The third-order valence-corrected chi connectivity index (χ3v) is 3.55. The minimum Gasteiger partial charge on any atom is -0.322 e. The molecule has 2 fully saturated rings. The smallest absolute Gasteiger partial charge is 0.255 e. The van der Waals surface area contributed by atoms with Crippen LogP contribution in [0.1, 0.15) is 19.8 Å². The lowest BCUT2D eigenvalue weighted by Crippen LogP contribution is -2.52. The van der Waals surface area contributed by atoms with Gasteiger partial charge >= 0.3 is 0 Å². The number of nitrogens with zero attached hydrogens (tertiary/aromatic N) is 1. The maximum atomic E-state index is 12.4. The lowest BCUT2D eigenvalue weighted by molar-refractivity contribution is -0.142. The largest absolute Gasteiger partial charge is 0.322 e. The van der Waals surface area contributed by atoms with E-state index in [4.69, 9.17) is 0 Å². The molecule has 2 rings (SSSR count). The predicted octanol–water partition coefficient (Wildman–Crippen LogP) is 0.950. The number of allylic oxidation sites excluding steroid dienone is 2. The minimum atomic E-state index is -0.589. The normalized spacial score (nSPS) is 27.4. The molecule has 6 heteroatoms. The molecule has 3 amide bonds. The average molecular weight is 292 g/mol. The van der Waals surface area contributed by atoms with E-state index in [1.807, 2.05) is 13.0 Å². The second-order valence-electron chi connectivity index (χ2n) is 4.76. The first-order chi connectivity index (χ1) is 9.43. The van der Waals surface area contributed by atoms with Gasteiger partial charge in [-0.25, -0.2) is 0 Å². The van der Waals surface area contributed by atoms with Gasteiger partial charge in [-0.05, 0) is 29.9 Å². The average Bonchev–Trinajstić information content (AvgIpc) is 2.67. The van der Waals surface area contributed by atoms with Crippen molar-refractivity contribution >= 4 is 30.4 Å². The van der Waals surface area contributed by atoms with E-state index in [0.717, 1.165) is 5.57 Å². The quantitative estimate of drug-likeness (QED) is 0.452. The van der Waals surface area contributed by atoms with Crippen LogP contribution >= 0.6 is 12.6 Å². The Morgan fingerprint density at radius 2 is 2.15 bits per heavy atom. The van der Waals surface area contributed by atoms with Gasteiger partial charge in [0.15, 0.2) is 0 Å². The molecule has 1 N–H and O–H groups in total. The highest BCUT2D eigenvalue weighted by Gasteiger charge is 2.40. The molecule has 2 aliphatic heterocycles. The highest BCUT2D eigenvalue weighted by molar-refractivity contribution is 7.84. The summed E-state index contributed by atoms with van der Waals surface area (Å²) in [5.41, 5.74) is 1.35. The number of likely N-dealkylation sites (tertiary alicyclic amines) is 1. The van der Waals surface area contributed by atoms with Gasteiger partial charge in [0.25, 0.3) is 5.91 Å². The van der Waals surface area contributed by atoms with Crippen LogP contribution in [0.4, 0.5) is 0 Å². The standard InChI is InChI=1S/C14H16N2O3S/c1-3-9-7-16(14(19)10(9)6-8(2)20)11-4-5-12(17)15-13(11)18/h3,6,11,20H,2,4-5,7H2,1H3,(H,15,17,18)/b9-3-,10-6+. The number of hydrogen-bond donors (Lipinski definition) is 2. The molecule has 0 aromatic heterocycles. The molecule has 1 unspecified atom stereocenters. The van der Waals surface area contributed by atoms with Crippen LogP contribution in [-0.4, -0.2) is 35.2 Å². The van der Waals surface area contributed by atoms with Crippen molar-refractivity contribution in [3.8, 4) is 0 Å². The van der Waals surface area contributed by atoms with Crippen molar-refractivity contribution in [2.75, 3.05) is 6.54 Å². The zero-order chi connectivity index (χ0) is 14.9. The second-order valence-corrected chi connectivity index (χ2v) is 5.34. The summed E-state index contributed by atoms with van der Waals surface area (Å²) in [5, 5.41) is 2.27. The molecule has 2 saturated heterocycles. The van der Waals surface area contributed by atoms with E-state index in [1.165, 1.54) is 4.90 Å². The van der Waals surface area contributed by atoms with Crippen LogP contribution in [0.5, 0.6) is 0 Å². The zero-order valence-electron chi connectivity index (χ0n) is 11.2. The van der Waals surface area contributed by atoms with Gasteiger partial charge in [0.1, 0.15) is 6.04 Å². The first-order valence-corrected chi connectivity index (χ1v) is 6.78. The van der Waals surface area contributed by atoms with Gasteiger partial charge in [-0.1, -0.05) is 12.7 Å². The fraction of sp³-hybridized carbons (Fsp3) is 0.357. The lowest BCUT2D eigenvalue weighted by atomic mass is 10.0. The fourth-order valence-corrected chi connectivity index (χ4v) is 2.56. The first kappa shape index (κ1) is 14.6. The van der Waals surface area contributed by atoms with E-state index in [9.17, 15) is 14.4 Å². The third kappa shape index (κ3) is 2.70. The monoisotopic (exact) mass is 292 g/mol. The first-order valence-electron chi connectivity index (χ1n) is 6.33. The van der Waals surface area contributed by atoms with Gasteiger partial charge in [0.2, 0.25) is 11.8 Å². The van der Waals surface area contributed by atoms with Gasteiger partial charge in [-0.3, -0.25) is 19.7 Å². The predicted molar refractivity (Wildman–Crippen MR) is 77.9 cm³/mol. The van der Waals surface area contributed by atoms with E-state index in [2.05, 4.69) is 24.5 Å². The van der Waals surface area contributed by atoms with Crippen LogP contribution in [-0.2, 0) is 14.4 Å². The number of imide groups is 1. The van der Waals surface area contributed by atoms with Crippen molar-refractivity contribution < 1.29 is 14.4 Å². The topological polar surface area (TPSA) is 66.5 Å². The molecule has 0 bridgehead atoms. The number of carbonyl (C=O) groups excluding carboxylic acids is 3. The summed E-state index contributed by atoms with van der Waals surface area (Å²) < 4.78 is 0. The van der Waals surface area contributed by atoms with E-state index in [0.29, 0.717) is 23.4 Å². The number of thiol groups is 1. The van der Waals surface area contributed by atoms with Crippen LogP contribution in [0.25, 0.3) is 0 Å². The molecule has 106 valence electrons. The zero-order valence-corrected chi connectivity index (χ0v) is 12.1. The summed E-state index contributed by atoms with van der Waals surface area (Å²) in [6.45, 7) is 5.86. The highest BCUT2D eigenvalue weighted by Crippen LogP contribution is 2.28. The number of nitrogens with one attached hydrogen (secondary N) is 1. The summed E-state index contributed by atoms with van der Waals surface area (Å²) in [6, 6.07) is -0.589. The molecule has 0 aromatic carbocycles. The SMILES string of the molecule is C=C(S)/C=C1/C(=O)N(C2CCC(=O)NC2=O)C/C1=C/C. The van der Waals surface area contributed by atoms with Crippen LogP contribution in [0.2, 0.25) is 0 Å². The highest BCUT2D eigenvalue weighted by atomic mass is 32.1. The lowest BCUT2D eigenvalue weighted by Gasteiger charge is -2.28. The number of piperidine rings is 1. The van der Waals surface area contributed by atoms with Crippen LogP contribution < -0.4 is 5.32 Å². The molecule has 2 aliphatic rings. The van der Waals surface area contributed by atoms with Crippen molar-refractivity contribution in [3.63, 3.8) is 0 Å². The van der Waals surface area contributed by atoms with Crippen molar-refractivity contribution in [1.82, 2.24) is 10.2 Å². The minimum absolute atomic E-state index is 0.220. The van der Waals surface area contributed by atoms with Crippen molar-refractivity contribution in [1.29, 1.82) is 0 Å². The van der Waals surface area contributed by atoms with E-state index in [1.54, 1.807) is 6.08 Å². The maximum absolute atomic E-state index is 12.4. The van der Waals surface area contributed by atoms with Crippen molar-refractivity contribution in [3.05, 3.63) is 34.8 Å². The Morgan fingerprint density at radius 3 is 2.70 bits per heavy atom. The number of hydrogen-bond acceptors (Lipinski definition) is 4. The summed E-state index contributed by atoms with van der Waals surface area (Å²) in [4.78, 5) is 37.4. The molecule has 0 radical (unpaired) electrons. The molecule has 1 atom stereocenters. The van der Waals surface area contributed by atoms with Crippen molar-refractivity contribution in [2.24, 2.45) is 0 Å². The van der Waals surface area contributed by atoms with Crippen LogP contribution in [0.3, 0.4) is 0 Å². The Hall–Kier alpha value is -1.82. The summed E-state index contributed by atoms with van der Waals surface area (Å²) in [7, 11) is 0. The molecular formula is C14H16N2O3S. The summed E-state index contributed by atoms with van der Waals surface area (Å²) in [6.07, 6.45) is 4.06. The van der Waals surface area contributed by atoms with Gasteiger partial charge in [0, 0.05) is 18.5 Å². The molecule has 0 saturated carbocycles. The fourth-order valence-electron chi connectivity index (χ4n) is 2.43. The van der Waals surface area contributed by atoms with Gasteiger partial charge in [-0.15, -0.1) is 12.6 Å². The molecule has 0 spiro atoms. The number of amides is 3. The van der Waals surface area contributed by atoms with Gasteiger partial charge in [-0.2, -0.15) is 0 Å². The van der Waals surface area contributed by atoms with E-state index < -0.39 is 11.9 Å². The van der Waals surface area contributed by atoms with E-state index in [-0.39, 0.29) is 18.2 Å². The molecule has 0 aromatic rings. The molecule has 2 heterocycles. The maximum Gasteiger partial charge on any atom is 0.255 e. The molecule has 20 heavy (non-hydrogen) atoms. The van der Waals surface area contributed by atoms with E-state index >= 15 is 0 Å². The molecular weight excluding hydrogens is 276 g/mol. The molecule has 5 nitrogen and oxygen atoms in total. The Morgan fingerprint density at radius 1 is 1.45 bits per heavy atom. The Labute approximate surface area is 122 Å². The summed E-state index contributed by atoms with van der Waals surface area (Å²) in [5.74, 6) is -0.914. The number of rotatable bonds is 2. The van der Waals surface area contributed by atoms with Crippen LogP contribution in [0, 0.1) is 0 Å². The summed E-state index contributed by atoms with van der Waals surface area (Å²) >= 11 is 4.09. The Kier molecular flexibility index (Phi) is 4.13. The second kappa shape index (κ2) is 5.66. The Bertz CT molecular complexity index is 563. The van der Waals surface area contributed by atoms with Crippen LogP contribution in [0.15, 0.2) is 34.8 Å². The third-order valence-electron chi connectivity index (χ3n) is 3.42. The van der Waals surface area contributed by atoms with Crippen molar-refractivity contribution in [2.45, 2.75) is 25.8 Å². The van der Waals surface area contributed by atoms with Gasteiger partial charge in [0.05, 0.1) is 0 Å².